The number of hydrogen-bond donors (Lipinski definition) is 1. The van der Waals surface area contributed by atoms with Crippen LogP contribution in [0.5, 0.6) is 0 Å². The maximum absolute atomic E-state index is 3.79. The van der Waals surface area contributed by atoms with Crippen molar-refractivity contribution < 1.29 is 0 Å². The smallest absolute Gasteiger partial charge is 0.0172 e. The molecule has 1 heterocycles. The highest BCUT2D eigenvalue weighted by Gasteiger charge is 2.35. The zero-order chi connectivity index (χ0) is 12.4. The van der Waals surface area contributed by atoms with Gasteiger partial charge in [0.2, 0.25) is 0 Å². The number of nitrogens with one attached hydrogen (secondary N) is 1. The van der Waals surface area contributed by atoms with Crippen LogP contribution in [0.15, 0.2) is 29.2 Å². The quantitative estimate of drug-likeness (QED) is 0.877. The third-order valence-corrected chi connectivity index (χ3v) is 5.73. The lowest BCUT2D eigenvalue weighted by Gasteiger charge is -2.30. The van der Waals surface area contributed by atoms with E-state index in [0.717, 1.165) is 18.4 Å². The molecule has 1 saturated carbocycles. The topological polar surface area (TPSA) is 12.0 Å². The maximum Gasteiger partial charge on any atom is 0.0172 e. The summed E-state index contributed by atoms with van der Waals surface area (Å²) in [6.45, 7) is 3.35. The largest absolute Gasteiger partial charge is 0.313 e. The van der Waals surface area contributed by atoms with Gasteiger partial charge in [0.05, 0.1) is 0 Å². The van der Waals surface area contributed by atoms with Gasteiger partial charge < -0.3 is 5.32 Å². The van der Waals surface area contributed by atoms with Crippen molar-refractivity contribution >= 4 is 11.8 Å². The fraction of sp³-hybridized carbons (Fsp3) is 0.625. The summed E-state index contributed by atoms with van der Waals surface area (Å²) in [6.07, 6.45) is 5.74. The Morgan fingerprint density at radius 2 is 2.06 bits per heavy atom. The molecule has 0 amide bonds. The predicted molar refractivity (Wildman–Crippen MR) is 79.3 cm³/mol. The second-order valence-corrected chi connectivity index (χ2v) is 6.65. The van der Waals surface area contributed by atoms with Crippen molar-refractivity contribution in [3.63, 3.8) is 0 Å². The number of rotatable bonds is 4. The van der Waals surface area contributed by atoms with Gasteiger partial charge in [-0.05, 0) is 36.9 Å². The van der Waals surface area contributed by atoms with Crippen LogP contribution >= 0.6 is 11.8 Å². The standard InChI is InChI=1S/C16H23NS/c1-2-17-16(12-7-3-4-8-12)14-11-18-15-10-6-5-9-13(14)15/h5-6,9-10,12,14,16-17H,2-4,7-8,11H2,1H3. The van der Waals surface area contributed by atoms with Gasteiger partial charge in [0.1, 0.15) is 0 Å². The summed E-state index contributed by atoms with van der Waals surface area (Å²) in [5, 5.41) is 3.79. The van der Waals surface area contributed by atoms with Crippen LogP contribution in [0.1, 0.15) is 44.1 Å². The molecule has 2 atom stereocenters. The summed E-state index contributed by atoms with van der Waals surface area (Å²) < 4.78 is 0. The van der Waals surface area contributed by atoms with Crippen molar-refractivity contribution in [2.45, 2.75) is 49.5 Å². The molecule has 0 spiro atoms. The summed E-state index contributed by atoms with van der Waals surface area (Å²) in [5.74, 6) is 2.91. The van der Waals surface area contributed by atoms with E-state index in [-0.39, 0.29) is 0 Å². The number of benzene rings is 1. The van der Waals surface area contributed by atoms with Gasteiger partial charge in [-0.15, -0.1) is 11.8 Å². The number of thioether (sulfide) groups is 1. The summed E-state index contributed by atoms with van der Waals surface area (Å²) in [6, 6.07) is 9.71. The lowest BCUT2D eigenvalue weighted by Crippen LogP contribution is -2.40. The Morgan fingerprint density at radius 3 is 2.83 bits per heavy atom. The lowest BCUT2D eigenvalue weighted by atomic mass is 9.84. The molecule has 0 saturated heterocycles. The highest BCUT2D eigenvalue weighted by molar-refractivity contribution is 7.99. The van der Waals surface area contributed by atoms with Crippen LogP contribution in [-0.2, 0) is 0 Å². The van der Waals surface area contributed by atoms with E-state index in [2.05, 4.69) is 36.5 Å². The van der Waals surface area contributed by atoms with E-state index in [9.17, 15) is 0 Å². The van der Waals surface area contributed by atoms with E-state index in [0.29, 0.717) is 6.04 Å². The average molecular weight is 261 g/mol. The third kappa shape index (κ3) is 2.33. The van der Waals surface area contributed by atoms with Crippen LogP contribution in [0.3, 0.4) is 0 Å². The zero-order valence-corrected chi connectivity index (χ0v) is 12.0. The molecule has 3 rings (SSSR count). The van der Waals surface area contributed by atoms with Gasteiger partial charge in [-0.2, -0.15) is 0 Å². The van der Waals surface area contributed by atoms with E-state index < -0.39 is 0 Å². The van der Waals surface area contributed by atoms with Gasteiger partial charge in [0, 0.05) is 22.6 Å². The van der Waals surface area contributed by atoms with Crippen molar-refractivity contribution in [2.75, 3.05) is 12.3 Å². The average Bonchev–Trinajstić information content (AvgIpc) is 3.06. The molecule has 1 aliphatic carbocycles. The van der Waals surface area contributed by atoms with Crippen LogP contribution in [0, 0.1) is 5.92 Å². The van der Waals surface area contributed by atoms with Gasteiger partial charge >= 0.3 is 0 Å². The molecule has 1 N–H and O–H groups in total. The summed E-state index contributed by atoms with van der Waals surface area (Å²) in [4.78, 5) is 1.52. The van der Waals surface area contributed by atoms with Gasteiger partial charge in [0.25, 0.3) is 0 Å². The first kappa shape index (κ1) is 12.6. The molecule has 18 heavy (non-hydrogen) atoms. The Morgan fingerprint density at radius 1 is 1.28 bits per heavy atom. The molecule has 2 heteroatoms. The van der Waals surface area contributed by atoms with Crippen LogP contribution in [0.2, 0.25) is 0 Å². The Kier molecular flexibility index (Phi) is 3.95. The predicted octanol–water partition coefficient (Wildman–Crippen LogP) is 4.04. The normalized spacial score (nSPS) is 25.3. The highest BCUT2D eigenvalue weighted by Crippen LogP contribution is 2.44. The van der Waals surface area contributed by atoms with Crippen molar-refractivity contribution in [3.05, 3.63) is 29.8 Å². The molecule has 98 valence electrons. The summed E-state index contributed by atoms with van der Waals surface area (Å²) in [7, 11) is 0. The molecular formula is C16H23NS. The van der Waals surface area contributed by atoms with Crippen LogP contribution in [0.4, 0.5) is 0 Å². The Balaban J connectivity index is 1.83. The highest BCUT2D eigenvalue weighted by atomic mass is 32.2. The number of likely N-dealkylation sites (N-methyl/N-ethyl adjacent to an activating group) is 1. The monoisotopic (exact) mass is 261 g/mol. The minimum absolute atomic E-state index is 0.702. The molecular weight excluding hydrogens is 238 g/mol. The molecule has 2 aliphatic rings. The zero-order valence-electron chi connectivity index (χ0n) is 11.2. The Labute approximate surface area is 115 Å². The van der Waals surface area contributed by atoms with Crippen molar-refractivity contribution in [1.29, 1.82) is 0 Å². The van der Waals surface area contributed by atoms with E-state index in [1.807, 2.05) is 11.8 Å². The fourth-order valence-electron chi connectivity index (χ4n) is 3.67. The first-order chi connectivity index (χ1) is 8.90. The van der Waals surface area contributed by atoms with E-state index in [1.54, 1.807) is 5.56 Å². The number of fused-ring (bicyclic) bond motifs is 1. The fourth-order valence-corrected chi connectivity index (χ4v) is 4.98. The second kappa shape index (κ2) is 5.66. The van der Waals surface area contributed by atoms with Crippen LogP contribution in [0.25, 0.3) is 0 Å². The van der Waals surface area contributed by atoms with E-state index >= 15 is 0 Å². The second-order valence-electron chi connectivity index (χ2n) is 5.58. The first-order valence-corrected chi connectivity index (χ1v) is 8.34. The van der Waals surface area contributed by atoms with Crippen molar-refractivity contribution in [1.82, 2.24) is 5.32 Å². The molecule has 0 aromatic heterocycles. The molecule has 1 fully saturated rings. The Hall–Kier alpha value is -0.470. The van der Waals surface area contributed by atoms with Gasteiger partial charge in [-0.1, -0.05) is 38.0 Å². The van der Waals surface area contributed by atoms with Crippen molar-refractivity contribution in [3.8, 4) is 0 Å². The molecule has 0 bridgehead atoms. The SMILES string of the molecule is CCNC(C1CCCC1)C1CSc2ccccc21. The summed E-state index contributed by atoms with van der Waals surface area (Å²) in [5.41, 5.74) is 1.60. The minimum Gasteiger partial charge on any atom is -0.313 e. The van der Waals surface area contributed by atoms with Crippen LogP contribution in [-0.4, -0.2) is 18.3 Å². The van der Waals surface area contributed by atoms with Gasteiger partial charge in [-0.25, -0.2) is 0 Å². The molecule has 1 aliphatic heterocycles. The van der Waals surface area contributed by atoms with Crippen molar-refractivity contribution in [2.24, 2.45) is 5.92 Å². The molecule has 1 aromatic rings. The minimum atomic E-state index is 0.702. The molecule has 2 unspecified atom stereocenters. The molecule has 1 aromatic carbocycles. The third-order valence-electron chi connectivity index (χ3n) is 4.52. The van der Waals surface area contributed by atoms with Gasteiger partial charge in [-0.3, -0.25) is 0 Å². The Bertz CT molecular complexity index is 398. The van der Waals surface area contributed by atoms with E-state index in [1.165, 1.54) is 36.3 Å². The van der Waals surface area contributed by atoms with Crippen LogP contribution < -0.4 is 5.32 Å². The van der Waals surface area contributed by atoms with E-state index in [4.69, 9.17) is 0 Å². The summed E-state index contributed by atoms with van der Waals surface area (Å²) >= 11 is 2.05. The first-order valence-electron chi connectivity index (χ1n) is 7.35. The number of hydrogen-bond acceptors (Lipinski definition) is 2. The van der Waals surface area contributed by atoms with Gasteiger partial charge in [0.15, 0.2) is 0 Å². The molecule has 1 nitrogen and oxygen atoms in total. The molecule has 0 radical (unpaired) electrons. The maximum atomic E-state index is 3.79. The lowest BCUT2D eigenvalue weighted by molar-refractivity contribution is 0.328.